The van der Waals surface area contributed by atoms with Gasteiger partial charge in [-0.05, 0) is 29.0 Å². The van der Waals surface area contributed by atoms with Crippen LogP contribution in [0.1, 0.15) is 12.7 Å². The van der Waals surface area contributed by atoms with Crippen LogP contribution < -0.4 is 0 Å². The minimum Gasteiger partial charge on any atom is -0.461 e. The molecule has 0 spiro atoms. The maximum absolute atomic E-state index is 5.77. The Hall–Kier alpha value is -2.02. The third-order valence-electron chi connectivity index (χ3n) is 3.04. The summed E-state index contributed by atoms with van der Waals surface area (Å²) >= 11 is 0. The minimum atomic E-state index is 0.938. The van der Waals surface area contributed by atoms with Gasteiger partial charge in [0.25, 0.3) is 0 Å². The summed E-state index contributed by atoms with van der Waals surface area (Å²) in [4.78, 5) is 0. The highest BCUT2D eigenvalue weighted by Gasteiger charge is 2.04. The van der Waals surface area contributed by atoms with Gasteiger partial charge in [0.2, 0.25) is 0 Å². The molecular formula is C16H14O. The molecule has 1 nitrogen and oxygen atoms in total. The van der Waals surface area contributed by atoms with Gasteiger partial charge in [-0.1, -0.05) is 43.3 Å². The fourth-order valence-electron chi connectivity index (χ4n) is 2.07. The summed E-state index contributed by atoms with van der Waals surface area (Å²) in [7, 11) is 0. The Kier molecular flexibility index (Phi) is 2.45. The number of furan rings is 1. The molecule has 0 unspecified atom stereocenters. The average Bonchev–Trinajstić information content (AvgIpc) is 2.87. The largest absolute Gasteiger partial charge is 0.461 e. The molecule has 1 heteroatoms. The van der Waals surface area contributed by atoms with E-state index in [2.05, 4.69) is 49.4 Å². The van der Waals surface area contributed by atoms with Crippen molar-refractivity contribution in [2.24, 2.45) is 0 Å². The molecule has 84 valence electrons. The molecule has 1 heterocycles. The molecule has 0 saturated heterocycles. The third-order valence-corrected chi connectivity index (χ3v) is 3.04. The van der Waals surface area contributed by atoms with Gasteiger partial charge in [0.15, 0.2) is 0 Å². The van der Waals surface area contributed by atoms with Crippen LogP contribution in [-0.2, 0) is 6.42 Å². The van der Waals surface area contributed by atoms with Crippen molar-refractivity contribution in [2.75, 3.05) is 0 Å². The molecule has 1 aromatic heterocycles. The van der Waals surface area contributed by atoms with Crippen LogP contribution in [0.2, 0.25) is 0 Å². The van der Waals surface area contributed by atoms with Crippen LogP contribution in [0.25, 0.3) is 22.1 Å². The minimum absolute atomic E-state index is 0.938. The van der Waals surface area contributed by atoms with E-state index in [1.54, 1.807) is 0 Å². The van der Waals surface area contributed by atoms with Crippen LogP contribution in [0.3, 0.4) is 0 Å². The summed E-state index contributed by atoms with van der Waals surface area (Å²) in [6.07, 6.45) is 0.938. The van der Waals surface area contributed by atoms with Crippen LogP contribution in [0.4, 0.5) is 0 Å². The summed E-state index contributed by atoms with van der Waals surface area (Å²) in [5, 5.41) is 2.51. The van der Waals surface area contributed by atoms with Crippen molar-refractivity contribution in [1.82, 2.24) is 0 Å². The first kappa shape index (κ1) is 10.2. The van der Waals surface area contributed by atoms with E-state index in [9.17, 15) is 0 Å². The smallest absolute Gasteiger partial charge is 0.134 e. The highest BCUT2D eigenvalue weighted by Crippen LogP contribution is 2.26. The molecule has 0 saturated carbocycles. The van der Waals surface area contributed by atoms with Gasteiger partial charge in [-0.25, -0.2) is 0 Å². The van der Waals surface area contributed by atoms with Crippen molar-refractivity contribution < 1.29 is 4.42 Å². The molecule has 0 radical (unpaired) electrons. The number of hydrogen-bond donors (Lipinski definition) is 0. The molecule has 0 amide bonds. The standard InChI is InChI=1S/C16H14O/c1-2-15-9-10-16(17-15)14-8-7-12-5-3-4-6-13(12)11-14/h3-11H,2H2,1H3. The molecule has 0 aliphatic carbocycles. The topological polar surface area (TPSA) is 13.1 Å². The first-order chi connectivity index (χ1) is 8.36. The van der Waals surface area contributed by atoms with Crippen molar-refractivity contribution >= 4 is 10.8 Å². The molecule has 0 atom stereocenters. The predicted octanol–water partition coefficient (Wildman–Crippen LogP) is 4.66. The molecule has 3 aromatic rings. The molecule has 0 bridgehead atoms. The van der Waals surface area contributed by atoms with Crippen molar-refractivity contribution in [2.45, 2.75) is 13.3 Å². The molecular weight excluding hydrogens is 208 g/mol. The third kappa shape index (κ3) is 1.84. The number of benzene rings is 2. The summed E-state index contributed by atoms with van der Waals surface area (Å²) in [6, 6.07) is 18.9. The lowest BCUT2D eigenvalue weighted by Gasteiger charge is -2.01. The quantitative estimate of drug-likeness (QED) is 0.614. The summed E-state index contributed by atoms with van der Waals surface area (Å²) in [6.45, 7) is 2.10. The van der Waals surface area contributed by atoms with E-state index in [-0.39, 0.29) is 0 Å². The van der Waals surface area contributed by atoms with E-state index in [0.717, 1.165) is 23.5 Å². The molecule has 0 fully saturated rings. The monoisotopic (exact) mass is 222 g/mol. The van der Waals surface area contributed by atoms with Gasteiger partial charge in [0.05, 0.1) is 0 Å². The van der Waals surface area contributed by atoms with Crippen molar-refractivity contribution in [1.29, 1.82) is 0 Å². The van der Waals surface area contributed by atoms with Gasteiger partial charge >= 0.3 is 0 Å². The Bertz CT molecular complexity index is 649. The van der Waals surface area contributed by atoms with Gasteiger partial charge in [0.1, 0.15) is 11.5 Å². The Balaban J connectivity index is 2.11. The second kappa shape index (κ2) is 4.10. The zero-order chi connectivity index (χ0) is 11.7. The molecule has 0 N–H and O–H groups in total. The SMILES string of the molecule is CCc1ccc(-c2ccc3ccccc3c2)o1. The lowest BCUT2D eigenvalue weighted by Crippen LogP contribution is -1.76. The highest BCUT2D eigenvalue weighted by molar-refractivity contribution is 5.86. The van der Waals surface area contributed by atoms with Gasteiger partial charge in [-0.3, -0.25) is 0 Å². The number of rotatable bonds is 2. The number of aryl methyl sites for hydroxylation is 1. The van der Waals surface area contributed by atoms with Crippen molar-refractivity contribution in [3.05, 3.63) is 60.4 Å². The van der Waals surface area contributed by atoms with Crippen LogP contribution in [0.15, 0.2) is 59.0 Å². The zero-order valence-electron chi connectivity index (χ0n) is 9.81. The van der Waals surface area contributed by atoms with E-state index in [4.69, 9.17) is 4.42 Å². The number of hydrogen-bond acceptors (Lipinski definition) is 1. The second-order valence-electron chi connectivity index (χ2n) is 4.18. The van der Waals surface area contributed by atoms with Gasteiger partial charge < -0.3 is 4.42 Å². The fourth-order valence-corrected chi connectivity index (χ4v) is 2.07. The Morgan fingerprint density at radius 1 is 0.882 bits per heavy atom. The van der Waals surface area contributed by atoms with Crippen LogP contribution in [0, 0.1) is 0 Å². The first-order valence-corrected chi connectivity index (χ1v) is 5.94. The van der Waals surface area contributed by atoms with Gasteiger partial charge in [-0.2, -0.15) is 0 Å². The summed E-state index contributed by atoms with van der Waals surface area (Å²) < 4.78 is 5.77. The molecule has 0 aliphatic heterocycles. The Labute approximate surface area is 101 Å². The van der Waals surface area contributed by atoms with Gasteiger partial charge in [0, 0.05) is 12.0 Å². The lowest BCUT2D eigenvalue weighted by molar-refractivity contribution is 0.529. The van der Waals surface area contributed by atoms with Crippen LogP contribution >= 0.6 is 0 Å². The number of fused-ring (bicyclic) bond motifs is 1. The van der Waals surface area contributed by atoms with Crippen molar-refractivity contribution in [3.63, 3.8) is 0 Å². The molecule has 2 aromatic carbocycles. The highest BCUT2D eigenvalue weighted by atomic mass is 16.3. The molecule has 17 heavy (non-hydrogen) atoms. The van der Waals surface area contributed by atoms with E-state index >= 15 is 0 Å². The van der Waals surface area contributed by atoms with E-state index < -0.39 is 0 Å². The van der Waals surface area contributed by atoms with E-state index in [0.29, 0.717) is 0 Å². The maximum Gasteiger partial charge on any atom is 0.134 e. The van der Waals surface area contributed by atoms with Gasteiger partial charge in [-0.15, -0.1) is 0 Å². The van der Waals surface area contributed by atoms with Crippen LogP contribution in [0.5, 0.6) is 0 Å². The van der Waals surface area contributed by atoms with E-state index in [1.165, 1.54) is 10.8 Å². The van der Waals surface area contributed by atoms with Crippen molar-refractivity contribution in [3.8, 4) is 11.3 Å². The lowest BCUT2D eigenvalue weighted by atomic mass is 10.1. The summed E-state index contributed by atoms with van der Waals surface area (Å²) in [5.74, 6) is 1.99. The first-order valence-electron chi connectivity index (χ1n) is 5.94. The van der Waals surface area contributed by atoms with E-state index in [1.807, 2.05) is 12.1 Å². The van der Waals surface area contributed by atoms with Crippen LogP contribution in [-0.4, -0.2) is 0 Å². The summed E-state index contributed by atoms with van der Waals surface area (Å²) in [5.41, 5.74) is 1.14. The fraction of sp³-hybridized carbons (Fsp3) is 0.125. The zero-order valence-corrected chi connectivity index (χ0v) is 9.81. The Morgan fingerprint density at radius 3 is 2.47 bits per heavy atom. The predicted molar refractivity (Wildman–Crippen MR) is 71.0 cm³/mol. The molecule has 3 rings (SSSR count). The maximum atomic E-state index is 5.77. The Morgan fingerprint density at radius 2 is 1.71 bits per heavy atom. The average molecular weight is 222 g/mol. The normalized spacial score (nSPS) is 10.9. The molecule has 0 aliphatic rings. The second-order valence-corrected chi connectivity index (χ2v) is 4.18.